The first-order valence-corrected chi connectivity index (χ1v) is 9.17. The highest BCUT2D eigenvalue weighted by Gasteiger charge is 2.17. The van der Waals surface area contributed by atoms with Gasteiger partial charge in [-0.25, -0.2) is 0 Å². The Balaban J connectivity index is 3.30. The molecule has 0 radical (unpaired) electrons. The molecule has 0 aromatic heterocycles. The van der Waals surface area contributed by atoms with E-state index in [9.17, 15) is 0 Å². The first-order chi connectivity index (χ1) is 9.09. The summed E-state index contributed by atoms with van der Waals surface area (Å²) in [4.78, 5) is 0. The van der Waals surface area contributed by atoms with Crippen molar-refractivity contribution in [3.8, 4) is 0 Å². The van der Waals surface area contributed by atoms with Gasteiger partial charge >= 0.3 is 0 Å². The van der Waals surface area contributed by atoms with E-state index in [1.807, 2.05) is 0 Å². The van der Waals surface area contributed by atoms with E-state index in [0.29, 0.717) is 11.3 Å². The highest BCUT2D eigenvalue weighted by Crippen LogP contribution is 2.26. The van der Waals surface area contributed by atoms with Gasteiger partial charge in [0.2, 0.25) is 0 Å². The van der Waals surface area contributed by atoms with E-state index < -0.39 is 0 Å². The molecule has 0 aromatic carbocycles. The van der Waals surface area contributed by atoms with Gasteiger partial charge < -0.3 is 0 Å². The summed E-state index contributed by atoms with van der Waals surface area (Å²) < 4.78 is 0. The largest absolute Gasteiger partial charge is 0.123 e. The van der Waals surface area contributed by atoms with Gasteiger partial charge in [-0.3, -0.25) is 0 Å². The minimum atomic E-state index is 0.332. The molecule has 0 nitrogen and oxygen atoms in total. The van der Waals surface area contributed by atoms with Crippen molar-refractivity contribution >= 4 is 11.6 Å². The van der Waals surface area contributed by atoms with Gasteiger partial charge in [-0.1, -0.05) is 85.0 Å². The Morgan fingerprint density at radius 3 is 1.47 bits per heavy atom. The number of hydrogen-bond donors (Lipinski definition) is 0. The fourth-order valence-electron chi connectivity index (χ4n) is 2.96. The van der Waals surface area contributed by atoms with Crippen molar-refractivity contribution in [2.24, 2.45) is 11.8 Å². The monoisotopic (exact) mass is 288 g/mol. The van der Waals surface area contributed by atoms with Crippen LogP contribution >= 0.6 is 11.6 Å². The van der Waals surface area contributed by atoms with Crippen molar-refractivity contribution < 1.29 is 0 Å². The van der Waals surface area contributed by atoms with Crippen molar-refractivity contribution in [2.45, 2.75) is 104 Å². The zero-order valence-corrected chi connectivity index (χ0v) is 14.6. The molecule has 116 valence electrons. The predicted octanol–water partition coefficient (Wildman–Crippen LogP) is 7.20. The molecule has 0 N–H and O–H groups in total. The molecule has 0 spiro atoms. The topological polar surface area (TPSA) is 0 Å². The fraction of sp³-hybridized carbons (Fsp3) is 1.00. The van der Waals surface area contributed by atoms with E-state index in [1.165, 1.54) is 70.6 Å². The van der Waals surface area contributed by atoms with Crippen LogP contribution in [0.25, 0.3) is 0 Å². The molecule has 0 bridgehead atoms. The summed E-state index contributed by atoms with van der Waals surface area (Å²) in [5.41, 5.74) is 0. The summed E-state index contributed by atoms with van der Waals surface area (Å²) >= 11 is 6.26. The van der Waals surface area contributed by atoms with E-state index in [-0.39, 0.29) is 0 Å². The van der Waals surface area contributed by atoms with Crippen LogP contribution < -0.4 is 0 Å². The Hall–Kier alpha value is 0.290. The lowest BCUT2D eigenvalue weighted by atomic mass is 9.87. The van der Waals surface area contributed by atoms with Gasteiger partial charge in [-0.05, 0) is 25.2 Å². The average Bonchev–Trinajstić information content (AvgIpc) is 2.35. The Labute approximate surface area is 127 Å². The maximum atomic E-state index is 6.26. The third-order valence-corrected chi connectivity index (χ3v) is 4.66. The van der Waals surface area contributed by atoms with Crippen LogP contribution in [0.4, 0.5) is 0 Å². The summed E-state index contributed by atoms with van der Waals surface area (Å²) in [5.74, 6) is 1.43. The molecule has 1 heteroatoms. The third-order valence-electron chi connectivity index (χ3n) is 4.34. The molecular formula is C18H37Cl. The minimum Gasteiger partial charge on any atom is -0.123 e. The van der Waals surface area contributed by atoms with Crippen molar-refractivity contribution in [1.82, 2.24) is 0 Å². The number of rotatable bonds is 13. The van der Waals surface area contributed by atoms with Crippen LogP contribution in [-0.4, -0.2) is 5.38 Å². The van der Waals surface area contributed by atoms with E-state index >= 15 is 0 Å². The molecule has 0 aliphatic rings. The van der Waals surface area contributed by atoms with Gasteiger partial charge in [0, 0.05) is 5.38 Å². The van der Waals surface area contributed by atoms with E-state index in [1.54, 1.807) is 0 Å². The van der Waals surface area contributed by atoms with E-state index in [0.717, 1.165) is 5.92 Å². The molecule has 0 aromatic rings. The third kappa shape index (κ3) is 11.8. The van der Waals surface area contributed by atoms with E-state index in [2.05, 4.69) is 27.7 Å². The second-order valence-electron chi connectivity index (χ2n) is 6.56. The van der Waals surface area contributed by atoms with Gasteiger partial charge in [0.15, 0.2) is 0 Å². The highest BCUT2D eigenvalue weighted by molar-refractivity contribution is 6.20. The molecule has 0 saturated carbocycles. The number of hydrogen-bond acceptors (Lipinski definition) is 0. The second kappa shape index (κ2) is 13.3. The standard InChI is InChI=1S/C18H37Cl/c1-5-6-7-8-9-10-11-12-13-14-15-18(16(2)3)17(4)19/h16-18H,5-15H2,1-4H3. The van der Waals surface area contributed by atoms with E-state index in [4.69, 9.17) is 11.6 Å². The van der Waals surface area contributed by atoms with Crippen LogP contribution in [0.1, 0.15) is 98.3 Å². The number of alkyl halides is 1. The molecular weight excluding hydrogens is 252 g/mol. The summed E-state index contributed by atoms with van der Waals surface area (Å²) in [6.45, 7) is 9.05. The molecule has 0 amide bonds. The first kappa shape index (κ1) is 19.3. The van der Waals surface area contributed by atoms with Crippen molar-refractivity contribution in [2.75, 3.05) is 0 Å². The Bertz CT molecular complexity index is 167. The smallest absolute Gasteiger partial charge is 0.0338 e. The second-order valence-corrected chi connectivity index (χ2v) is 7.24. The lowest BCUT2D eigenvalue weighted by Crippen LogP contribution is -2.17. The quantitative estimate of drug-likeness (QED) is 0.248. The molecule has 0 aliphatic carbocycles. The zero-order chi connectivity index (χ0) is 14.5. The number of halogens is 1. The van der Waals surface area contributed by atoms with Gasteiger partial charge in [0.25, 0.3) is 0 Å². The maximum Gasteiger partial charge on any atom is 0.0338 e. The molecule has 0 fully saturated rings. The summed E-state index contributed by atoms with van der Waals surface area (Å²) in [7, 11) is 0. The number of unbranched alkanes of at least 4 members (excludes halogenated alkanes) is 9. The summed E-state index contributed by atoms with van der Waals surface area (Å²) in [6.07, 6.45) is 15.5. The molecule has 0 saturated heterocycles. The summed E-state index contributed by atoms with van der Waals surface area (Å²) in [6, 6.07) is 0. The van der Waals surface area contributed by atoms with Crippen LogP contribution in [0.2, 0.25) is 0 Å². The molecule has 0 heterocycles. The van der Waals surface area contributed by atoms with Crippen LogP contribution in [0.15, 0.2) is 0 Å². The minimum absolute atomic E-state index is 0.332. The normalized spacial score (nSPS) is 14.8. The first-order valence-electron chi connectivity index (χ1n) is 8.73. The predicted molar refractivity (Wildman–Crippen MR) is 90.1 cm³/mol. The SMILES string of the molecule is CCCCCCCCCCCCC(C(C)C)C(C)Cl. The molecule has 19 heavy (non-hydrogen) atoms. The van der Waals surface area contributed by atoms with Crippen molar-refractivity contribution in [1.29, 1.82) is 0 Å². The van der Waals surface area contributed by atoms with Gasteiger partial charge in [0.1, 0.15) is 0 Å². The molecule has 2 unspecified atom stereocenters. The van der Waals surface area contributed by atoms with Crippen LogP contribution in [0.3, 0.4) is 0 Å². The average molecular weight is 289 g/mol. The van der Waals surface area contributed by atoms with Gasteiger partial charge in [-0.15, -0.1) is 11.6 Å². The molecule has 2 atom stereocenters. The lowest BCUT2D eigenvalue weighted by Gasteiger charge is -2.23. The van der Waals surface area contributed by atoms with Crippen molar-refractivity contribution in [3.05, 3.63) is 0 Å². The Kier molecular flexibility index (Phi) is 13.5. The Morgan fingerprint density at radius 1 is 0.684 bits per heavy atom. The van der Waals surface area contributed by atoms with Crippen LogP contribution in [0, 0.1) is 11.8 Å². The van der Waals surface area contributed by atoms with Gasteiger partial charge in [-0.2, -0.15) is 0 Å². The van der Waals surface area contributed by atoms with Gasteiger partial charge in [0.05, 0.1) is 0 Å². The zero-order valence-electron chi connectivity index (χ0n) is 13.9. The summed E-state index contributed by atoms with van der Waals surface area (Å²) in [5, 5.41) is 0.332. The molecule has 0 rings (SSSR count). The van der Waals surface area contributed by atoms with Crippen LogP contribution in [0.5, 0.6) is 0 Å². The van der Waals surface area contributed by atoms with Crippen LogP contribution in [-0.2, 0) is 0 Å². The Morgan fingerprint density at radius 2 is 1.11 bits per heavy atom. The highest BCUT2D eigenvalue weighted by atomic mass is 35.5. The maximum absolute atomic E-state index is 6.26. The molecule has 0 aliphatic heterocycles. The fourth-order valence-corrected chi connectivity index (χ4v) is 3.38. The lowest BCUT2D eigenvalue weighted by molar-refractivity contribution is 0.340. The van der Waals surface area contributed by atoms with Crippen molar-refractivity contribution in [3.63, 3.8) is 0 Å².